The summed E-state index contributed by atoms with van der Waals surface area (Å²) in [5.74, 6) is 0.932. The number of aromatic nitrogens is 2. The number of hydrogen-bond acceptors (Lipinski definition) is 4. The summed E-state index contributed by atoms with van der Waals surface area (Å²) in [6, 6.07) is 6.91. The number of benzene rings is 1. The monoisotopic (exact) mass is 299 g/mol. The van der Waals surface area contributed by atoms with E-state index in [4.69, 9.17) is 4.74 Å². The highest BCUT2D eigenvalue weighted by molar-refractivity contribution is 7.15. The van der Waals surface area contributed by atoms with Gasteiger partial charge in [0.1, 0.15) is 12.4 Å². The number of thiazole rings is 1. The number of ether oxygens (including phenoxy) is 1. The molecule has 0 bridgehead atoms. The maximum absolute atomic E-state index is 5.89. The minimum absolute atomic E-state index is 0.494. The summed E-state index contributed by atoms with van der Waals surface area (Å²) >= 11 is 1.64. The molecule has 3 aromatic rings. The normalized spacial score (nSPS) is 17.3. The lowest BCUT2D eigenvalue weighted by atomic mass is 10.1. The van der Waals surface area contributed by atoms with Crippen LogP contribution in [-0.2, 0) is 13.0 Å². The van der Waals surface area contributed by atoms with E-state index in [9.17, 15) is 0 Å². The van der Waals surface area contributed by atoms with Crippen LogP contribution in [0.15, 0.2) is 36.0 Å². The van der Waals surface area contributed by atoms with Crippen LogP contribution in [0, 0.1) is 0 Å². The third-order valence-electron chi connectivity index (χ3n) is 4.07. The Morgan fingerprint density at radius 3 is 3.29 bits per heavy atom. The van der Waals surface area contributed by atoms with Crippen LogP contribution < -0.4 is 10.1 Å². The molecule has 4 nitrogen and oxygen atoms in total. The largest absolute Gasteiger partial charge is 0.487 e. The van der Waals surface area contributed by atoms with Crippen LogP contribution in [0.2, 0.25) is 0 Å². The Hall–Kier alpha value is -1.85. The minimum Gasteiger partial charge on any atom is -0.487 e. The van der Waals surface area contributed by atoms with Crippen molar-refractivity contribution in [2.75, 3.05) is 7.05 Å². The van der Waals surface area contributed by atoms with Gasteiger partial charge in [-0.15, -0.1) is 11.3 Å². The van der Waals surface area contributed by atoms with E-state index in [0.29, 0.717) is 12.6 Å². The van der Waals surface area contributed by atoms with Crippen molar-refractivity contribution >= 4 is 16.3 Å². The zero-order valence-electron chi connectivity index (χ0n) is 11.9. The second kappa shape index (κ2) is 5.16. The van der Waals surface area contributed by atoms with E-state index in [0.717, 1.165) is 22.8 Å². The van der Waals surface area contributed by atoms with Crippen LogP contribution >= 0.6 is 11.3 Å². The molecule has 4 rings (SSSR count). The number of aryl methyl sites for hydroxylation is 1. The molecule has 0 radical (unpaired) electrons. The molecule has 0 aliphatic heterocycles. The van der Waals surface area contributed by atoms with Crippen LogP contribution in [0.3, 0.4) is 0 Å². The van der Waals surface area contributed by atoms with Crippen molar-refractivity contribution in [3.8, 4) is 5.75 Å². The summed E-state index contributed by atoms with van der Waals surface area (Å²) in [5.41, 5.74) is 3.78. The molecule has 0 saturated carbocycles. The first-order chi connectivity index (χ1) is 10.3. The van der Waals surface area contributed by atoms with Crippen molar-refractivity contribution in [1.29, 1.82) is 0 Å². The number of rotatable bonds is 4. The van der Waals surface area contributed by atoms with Gasteiger partial charge in [0.05, 0.1) is 5.69 Å². The van der Waals surface area contributed by atoms with Crippen LogP contribution in [0.1, 0.15) is 29.3 Å². The average Bonchev–Trinajstić information content (AvgIpc) is 3.18. The van der Waals surface area contributed by atoms with Crippen molar-refractivity contribution in [1.82, 2.24) is 14.7 Å². The Bertz CT molecular complexity index is 748. The molecule has 1 aromatic carbocycles. The molecule has 108 valence electrons. The number of hydrogen-bond donors (Lipinski definition) is 1. The summed E-state index contributed by atoms with van der Waals surface area (Å²) in [6.45, 7) is 0.517. The van der Waals surface area contributed by atoms with E-state index < -0.39 is 0 Å². The Morgan fingerprint density at radius 1 is 1.48 bits per heavy atom. The molecule has 5 heteroatoms. The number of nitrogens with zero attached hydrogens (tertiary/aromatic N) is 2. The van der Waals surface area contributed by atoms with E-state index >= 15 is 0 Å². The molecule has 21 heavy (non-hydrogen) atoms. The first-order valence-electron chi connectivity index (χ1n) is 7.17. The van der Waals surface area contributed by atoms with Crippen molar-refractivity contribution in [3.63, 3.8) is 0 Å². The first kappa shape index (κ1) is 12.9. The van der Waals surface area contributed by atoms with E-state index in [2.05, 4.69) is 28.5 Å². The Kier molecular flexibility index (Phi) is 3.16. The van der Waals surface area contributed by atoms with Gasteiger partial charge >= 0.3 is 0 Å². The molecular formula is C16H17N3OS. The average molecular weight is 299 g/mol. The molecule has 0 spiro atoms. The SMILES string of the molecule is CNC1CCc2cc(OCc3cn4ccsc4n3)ccc21. The third-order valence-corrected chi connectivity index (χ3v) is 4.84. The van der Waals surface area contributed by atoms with Gasteiger partial charge < -0.3 is 10.1 Å². The Morgan fingerprint density at radius 2 is 2.43 bits per heavy atom. The second-order valence-electron chi connectivity index (χ2n) is 5.35. The smallest absolute Gasteiger partial charge is 0.193 e. The fraction of sp³-hybridized carbons (Fsp3) is 0.312. The summed E-state index contributed by atoms with van der Waals surface area (Å²) in [5, 5.41) is 5.39. The van der Waals surface area contributed by atoms with Gasteiger partial charge in [0, 0.05) is 23.8 Å². The highest BCUT2D eigenvalue weighted by Crippen LogP contribution is 2.33. The van der Waals surface area contributed by atoms with Gasteiger partial charge in [-0.05, 0) is 43.1 Å². The first-order valence-corrected chi connectivity index (χ1v) is 8.05. The van der Waals surface area contributed by atoms with E-state index in [1.54, 1.807) is 11.3 Å². The highest BCUT2D eigenvalue weighted by Gasteiger charge is 2.21. The van der Waals surface area contributed by atoms with Crippen LogP contribution in [0.4, 0.5) is 0 Å². The molecule has 1 N–H and O–H groups in total. The predicted molar refractivity (Wildman–Crippen MR) is 84.0 cm³/mol. The van der Waals surface area contributed by atoms with E-state index in [1.807, 2.05) is 29.2 Å². The van der Waals surface area contributed by atoms with Crippen molar-refractivity contribution in [3.05, 3.63) is 52.8 Å². The Labute approximate surface area is 127 Å². The zero-order chi connectivity index (χ0) is 14.2. The molecule has 0 fully saturated rings. The molecule has 1 atom stereocenters. The molecular weight excluding hydrogens is 282 g/mol. The summed E-state index contributed by atoms with van der Waals surface area (Å²) < 4.78 is 7.92. The number of fused-ring (bicyclic) bond motifs is 2. The molecule has 0 amide bonds. The quantitative estimate of drug-likeness (QED) is 0.804. The van der Waals surface area contributed by atoms with Gasteiger partial charge in [0.15, 0.2) is 4.96 Å². The lowest BCUT2D eigenvalue weighted by Gasteiger charge is -2.11. The standard InChI is InChI=1S/C16H17N3OS/c1-17-15-5-2-11-8-13(3-4-14(11)15)20-10-12-9-19-6-7-21-16(19)18-12/h3-4,6-9,15,17H,2,5,10H2,1H3. The molecule has 2 heterocycles. The van der Waals surface area contributed by atoms with Crippen molar-refractivity contribution in [2.24, 2.45) is 0 Å². The molecule has 0 saturated heterocycles. The van der Waals surface area contributed by atoms with Crippen LogP contribution in [-0.4, -0.2) is 16.4 Å². The minimum atomic E-state index is 0.494. The van der Waals surface area contributed by atoms with Gasteiger partial charge in [-0.25, -0.2) is 4.98 Å². The van der Waals surface area contributed by atoms with E-state index in [1.165, 1.54) is 17.5 Å². The van der Waals surface area contributed by atoms with Gasteiger partial charge in [0.2, 0.25) is 0 Å². The van der Waals surface area contributed by atoms with Gasteiger partial charge in [-0.2, -0.15) is 0 Å². The molecule has 2 aromatic heterocycles. The van der Waals surface area contributed by atoms with Crippen LogP contribution in [0.25, 0.3) is 4.96 Å². The third kappa shape index (κ3) is 2.32. The topological polar surface area (TPSA) is 38.6 Å². The maximum atomic E-state index is 5.89. The fourth-order valence-corrected chi connectivity index (χ4v) is 3.71. The molecule has 1 aliphatic rings. The zero-order valence-corrected chi connectivity index (χ0v) is 12.7. The fourth-order valence-electron chi connectivity index (χ4n) is 2.99. The van der Waals surface area contributed by atoms with Gasteiger partial charge in [0.25, 0.3) is 0 Å². The Balaban J connectivity index is 1.49. The summed E-state index contributed by atoms with van der Waals surface area (Å²) in [7, 11) is 2.02. The lowest BCUT2D eigenvalue weighted by molar-refractivity contribution is 0.302. The highest BCUT2D eigenvalue weighted by atomic mass is 32.1. The molecule has 1 unspecified atom stereocenters. The summed E-state index contributed by atoms with van der Waals surface area (Å²) in [4.78, 5) is 5.55. The molecule has 1 aliphatic carbocycles. The van der Waals surface area contributed by atoms with Crippen LogP contribution in [0.5, 0.6) is 5.75 Å². The number of nitrogens with one attached hydrogen (secondary N) is 1. The van der Waals surface area contributed by atoms with Gasteiger partial charge in [-0.1, -0.05) is 6.07 Å². The second-order valence-corrected chi connectivity index (χ2v) is 6.23. The summed E-state index contributed by atoms with van der Waals surface area (Å²) in [6.07, 6.45) is 6.34. The predicted octanol–water partition coefficient (Wildman–Crippen LogP) is 3.18. The van der Waals surface area contributed by atoms with Crippen molar-refractivity contribution in [2.45, 2.75) is 25.5 Å². The number of imidazole rings is 1. The maximum Gasteiger partial charge on any atom is 0.193 e. The van der Waals surface area contributed by atoms with Crippen molar-refractivity contribution < 1.29 is 4.74 Å². The lowest BCUT2D eigenvalue weighted by Crippen LogP contribution is -2.12. The van der Waals surface area contributed by atoms with E-state index in [-0.39, 0.29) is 0 Å². The van der Waals surface area contributed by atoms with Gasteiger partial charge in [-0.3, -0.25) is 4.40 Å².